The van der Waals surface area contributed by atoms with Gasteiger partial charge in [-0.15, -0.1) is 0 Å². The molecule has 4 rings (SSSR count). The van der Waals surface area contributed by atoms with Crippen LogP contribution in [0.3, 0.4) is 0 Å². The van der Waals surface area contributed by atoms with Crippen molar-refractivity contribution in [2.45, 2.75) is 25.3 Å². The number of primary amides is 1. The highest BCUT2D eigenvalue weighted by Gasteiger charge is 2.32. The maximum Gasteiger partial charge on any atom is 0.258 e. The van der Waals surface area contributed by atoms with Crippen molar-refractivity contribution < 1.29 is 14.0 Å². The molecule has 1 fully saturated rings. The summed E-state index contributed by atoms with van der Waals surface area (Å²) in [5, 5.41) is 6.01. The molecule has 4 N–H and O–H groups in total. The van der Waals surface area contributed by atoms with Crippen molar-refractivity contribution in [1.82, 2.24) is 9.97 Å². The normalized spacial score (nSPS) is 17.4. The summed E-state index contributed by atoms with van der Waals surface area (Å²) in [6, 6.07) is 16.0. The number of rotatable bonds is 7. The van der Waals surface area contributed by atoms with Crippen LogP contribution < -0.4 is 21.3 Å². The first-order valence-electron chi connectivity index (χ1n) is 10.7. The van der Waals surface area contributed by atoms with E-state index < -0.39 is 11.7 Å². The van der Waals surface area contributed by atoms with Gasteiger partial charge in [0.15, 0.2) is 11.6 Å². The first-order chi connectivity index (χ1) is 15.9. The second kappa shape index (κ2) is 9.64. The summed E-state index contributed by atoms with van der Waals surface area (Å²) >= 11 is 0. The van der Waals surface area contributed by atoms with Gasteiger partial charge in [-0.05, 0) is 49.2 Å². The number of nitrogens with zero attached hydrogens (tertiary/aromatic N) is 3. The number of nitrogens with two attached hydrogens (primary N) is 1. The van der Waals surface area contributed by atoms with Gasteiger partial charge in [-0.3, -0.25) is 9.59 Å². The molecule has 0 bridgehead atoms. The molecule has 2 atom stereocenters. The number of anilines is 4. The van der Waals surface area contributed by atoms with E-state index in [1.165, 1.54) is 0 Å². The molecule has 0 unspecified atom stereocenters. The fourth-order valence-corrected chi connectivity index (χ4v) is 3.97. The van der Waals surface area contributed by atoms with Crippen molar-refractivity contribution in [3.05, 3.63) is 72.2 Å². The van der Waals surface area contributed by atoms with E-state index in [9.17, 15) is 14.0 Å². The third kappa shape index (κ3) is 5.08. The Morgan fingerprint density at radius 2 is 1.82 bits per heavy atom. The lowest BCUT2D eigenvalue weighted by Crippen LogP contribution is -2.34. The molecule has 0 aliphatic heterocycles. The van der Waals surface area contributed by atoms with Crippen LogP contribution in [-0.4, -0.2) is 34.9 Å². The van der Waals surface area contributed by atoms with Crippen LogP contribution in [0, 0.1) is 11.7 Å². The molecule has 0 radical (unpaired) electrons. The zero-order valence-corrected chi connectivity index (χ0v) is 18.2. The molecule has 170 valence electrons. The monoisotopic (exact) mass is 448 g/mol. The molecule has 3 aromatic rings. The third-order valence-corrected chi connectivity index (χ3v) is 5.78. The second-order valence-electron chi connectivity index (χ2n) is 7.98. The van der Waals surface area contributed by atoms with E-state index in [2.05, 4.69) is 20.6 Å². The number of halogens is 1. The third-order valence-electron chi connectivity index (χ3n) is 5.78. The van der Waals surface area contributed by atoms with E-state index in [0.29, 0.717) is 24.1 Å². The highest BCUT2D eigenvalue weighted by molar-refractivity contribution is 6.05. The predicted octanol–water partition coefficient (Wildman–Crippen LogP) is 3.70. The lowest BCUT2D eigenvalue weighted by molar-refractivity contribution is -0.121. The van der Waals surface area contributed by atoms with Crippen molar-refractivity contribution in [2.75, 3.05) is 22.6 Å². The summed E-state index contributed by atoms with van der Waals surface area (Å²) in [6.45, 7) is 0. The Hall–Kier alpha value is -4.01. The summed E-state index contributed by atoms with van der Waals surface area (Å²) in [4.78, 5) is 34.1. The van der Waals surface area contributed by atoms with Gasteiger partial charge in [-0.1, -0.05) is 24.6 Å². The molecule has 1 aliphatic carbocycles. The molecular weight excluding hydrogens is 423 g/mol. The second-order valence-corrected chi connectivity index (χ2v) is 7.98. The van der Waals surface area contributed by atoms with E-state index in [1.54, 1.807) is 36.2 Å². The van der Waals surface area contributed by atoms with Crippen molar-refractivity contribution in [2.24, 2.45) is 11.7 Å². The van der Waals surface area contributed by atoms with Crippen LogP contribution in [0.15, 0.2) is 60.8 Å². The van der Waals surface area contributed by atoms with Gasteiger partial charge in [0.25, 0.3) is 5.91 Å². The summed E-state index contributed by atoms with van der Waals surface area (Å²) in [5.74, 6) is -1.30. The van der Waals surface area contributed by atoms with Crippen molar-refractivity contribution in [1.29, 1.82) is 0 Å². The van der Waals surface area contributed by atoms with Crippen LogP contribution in [0.4, 0.5) is 27.5 Å². The Morgan fingerprint density at radius 3 is 2.52 bits per heavy atom. The quantitative estimate of drug-likeness (QED) is 0.508. The van der Waals surface area contributed by atoms with Gasteiger partial charge in [-0.25, -0.2) is 9.37 Å². The lowest BCUT2D eigenvalue weighted by Gasteiger charge is -2.19. The topological polar surface area (TPSA) is 113 Å². The molecule has 9 heteroatoms. The van der Waals surface area contributed by atoms with Crippen LogP contribution >= 0.6 is 0 Å². The predicted molar refractivity (Wildman–Crippen MR) is 125 cm³/mol. The van der Waals surface area contributed by atoms with Gasteiger partial charge in [0, 0.05) is 30.0 Å². The van der Waals surface area contributed by atoms with Crippen LogP contribution in [0.5, 0.6) is 0 Å². The summed E-state index contributed by atoms with van der Waals surface area (Å²) in [6.07, 6.45) is 3.30. The molecule has 0 saturated heterocycles. The Labute approximate surface area is 191 Å². The highest BCUT2D eigenvalue weighted by Crippen LogP contribution is 2.29. The molecule has 2 amide bonds. The Kier molecular flexibility index (Phi) is 6.48. The molecule has 2 aromatic carbocycles. The first kappa shape index (κ1) is 22.2. The minimum absolute atomic E-state index is 0.0157. The van der Waals surface area contributed by atoms with Crippen LogP contribution in [0.1, 0.15) is 29.6 Å². The maximum atomic E-state index is 14.3. The number of carbonyl (C=O) groups is 2. The zero-order chi connectivity index (χ0) is 23.4. The fraction of sp³-hybridized carbons (Fsp3) is 0.250. The smallest absolute Gasteiger partial charge is 0.258 e. The Morgan fingerprint density at radius 1 is 1.09 bits per heavy atom. The number of hydrogen-bond donors (Lipinski definition) is 3. The fourth-order valence-electron chi connectivity index (χ4n) is 3.97. The van der Waals surface area contributed by atoms with E-state index in [-0.39, 0.29) is 29.6 Å². The molecule has 1 aliphatic rings. The van der Waals surface area contributed by atoms with Gasteiger partial charge in [0.05, 0.1) is 12.1 Å². The zero-order valence-electron chi connectivity index (χ0n) is 18.2. The molecule has 33 heavy (non-hydrogen) atoms. The standard InChI is InChI=1S/C24H25FN6O2/c1-31(17-6-3-2-4-7-17)23(33)15-10-12-16(13-11-15)28-24-27-14-19(25)22(30-24)29-20-9-5-8-18(20)21(26)32/h2-4,6-7,10-14,18,20H,5,8-9H2,1H3,(H2,26,32)(H2,27,28,29,30)/t18-,20+/m0/s1. The van der Waals surface area contributed by atoms with Gasteiger partial charge in [0.2, 0.25) is 11.9 Å². The molecule has 1 aromatic heterocycles. The van der Waals surface area contributed by atoms with Crippen molar-refractivity contribution in [3.8, 4) is 0 Å². The number of hydrogen-bond acceptors (Lipinski definition) is 6. The Bertz CT molecular complexity index is 1140. The SMILES string of the molecule is CN(C(=O)c1ccc(Nc2ncc(F)c(N[C@@H]3CCC[C@@H]3C(N)=O)n2)cc1)c1ccccc1. The molecule has 0 spiro atoms. The molecule has 8 nitrogen and oxygen atoms in total. The maximum absolute atomic E-state index is 14.3. The molecule has 1 heterocycles. The number of carbonyl (C=O) groups excluding carboxylic acids is 2. The summed E-state index contributed by atoms with van der Waals surface area (Å²) < 4.78 is 14.3. The average molecular weight is 449 g/mol. The van der Waals surface area contributed by atoms with E-state index >= 15 is 0 Å². The minimum atomic E-state index is -0.611. The number of aromatic nitrogens is 2. The van der Waals surface area contributed by atoms with Gasteiger partial charge >= 0.3 is 0 Å². The minimum Gasteiger partial charge on any atom is -0.369 e. The van der Waals surface area contributed by atoms with E-state index in [0.717, 1.165) is 18.3 Å². The number of nitrogens with one attached hydrogen (secondary N) is 2. The average Bonchev–Trinajstić information content (AvgIpc) is 3.30. The molecular formula is C24H25FN6O2. The van der Waals surface area contributed by atoms with Gasteiger partial charge in [0.1, 0.15) is 0 Å². The van der Waals surface area contributed by atoms with Crippen LogP contribution in [0.25, 0.3) is 0 Å². The summed E-state index contributed by atoms with van der Waals surface area (Å²) in [7, 11) is 1.72. The van der Waals surface area contributed by atoms with Crippen LogP contribution in [-0.2, 0) is 4.79 Å². The van der Waals surface area contributed by atoms with Crippen LogP contribution in [0.2, 0.25) is 0 Å². The van der Waals surface area contributed by atoms with E-state index in [1.807, 2.05) is 30.3 Å². The Balaban J connectivity index is 1.44. The van der Waals surface area contributed by atoms with Gasteiger partial charge in [-0.2, -0.15) is 4.98 Å². The van der Waals surface area contributed by atoms with Crippen molar-refractivity contribution in [3.63, 3.8) is 0 Å². The number of benzene rings is 2. The number of para-hydroxylation sites is 1. The van der Waals surface area contributed by atoms with E-state index in [4.69, 9.17) is 5.73 Å². The van der Waals surface area contributed by atoms with Gasteiger partial charge < -0.3 is 21.3 Å². The molecule has 1 saturated carbocycles. The summed E-state index contributed by atoms with van der Waals surface area (Å²) in [5.41, 5.74) is 7.41. The van der Waals surface area contributed by atoms with Crippen molar-refractivity contribution >= 4 is 35.0 Å². The number of amides is 2. The highest BCUT2D eigenvalue weighted by atomic mass is 19.1. The largest absolute Gasteiger partial charge is 0.369 e. The first-order valence-corrected chi connectivity index (χ1v) is 10.7. The lowest BCUT2D eigenvalue weighted by atomic mass is 10.0.